The van der Waals surface area contributed by atoms with Crippen LogP contribution in [-0.4, -0.2) is 23.1 Å². The molecular weight excluding hydrogens is 240 g/mol. The molecule has 0 aliphatic carbocycles. The highest BCUT2D eigenvalue weighted by atomic mass is 16.3. The first-order chi connectivity index (χ1) is 9.02. The van der Waals surface area contributed by atoms with Gasteiger partial charge in [0, 0.05) is 6.04 Å². The summed E-state index contributed by atoms with van der Waals surface area (Å²) in [5.41, 5.74) is 6.91. The maximum atomic E-state index is 11.7. The zero-order valence-electron chi connectivity index (χ0n) is 11.7. The molecule has 19 heavy (non-hydrogen) atoms. The van der Waals surface area contributed by atoms with Crippen molar-refractivity contribution in [2.24, 2.45) is 5.73 Å². The zero-order chi connectivity index (χ0) is 14.3. The van der Waals surface area contributed by atoms with E-state index in [4.69, 9.17) is 5.73 Å². The van der Waals surface area contributed by atoms with Gasteiger partial charge in [-0.2, -0.15) is 0 Å². The Kier molecular flexibility index (Phi) is 6.36. The molecular formula is C15H24N2O2. The lowest BCUT2D eigenvalue weighted by molar-refractivity contribution is -0.123. The molecule has 1 rings (SSSR count). The van der Waals surface area contributed by atoms with E-state index < -0.39 is 6.04 Å². The van der Waals surface area contributed by atoms with E-state index in [-0.39, 0.29) is 17.7 Å². The minimum Gasteiger partial charge on any atom is -0.508 e. The summed E-state index contributed by atoms with van der Waals surface area (Å²) < 4.78 is 0. The Morgan fingerprint density at radius 1 is 1.32 bits per heavy atom. The van der Waals surface area contributed by atoms with Crippen LogP contribution in [-0.2, 0) is 11.2 Å². The zero-order valence-corrected chi connectivity index (χ0v) is 11.7. The number of rotatable bonds is 7. The van der Waals surface area contributed by atoms with E-state index >= 15 is 0 Å². The van der Waals surface area contributed by atoms with Crippen molar-refractivity contribution in [2.45, 2.75) is 51.6 Å². The van der Waals surface area contributed by atoms with Crippen LogP contribution in [0.25, 0.3) is 0 Å². The van der Waals surface area contributed by atoms with Crippen LogP contribution >= 0.6 is 0 Å². The smallest absolute Gasteiger partial charge is 0.237 e. The molecule has 1 amide bonds. The van der Waals surface area contributed by atoms with Crippen LogP contribution < -0.4 is 11.1 Å². The van der Waals surface area contributed by atoms with Gasteiger partial charge in [0.1, 0.15) is 5.75 Å². The summed E-state index contributed by atoms with van der Waals surface area (Å²) >= 11 is 0. The predicted octanol–water partition coefficient (Wildman–Crippen LogP) is 1.96. The first-order valence-corrected chi connectivity index (χ1v) is 6.86. The SMILES string of the molecule is CCC[C@@H](N)C(=O)NC(C)CCc1ccc(O)cc1. The average Bonchev–Trinajstić information content (AvgIpc) is 2.38. The van der Waals surface area contributed by atoms with Crippen LogP contribution in [0.4, 0.5) is 0 Å². The van der Waals surface area contributed by atoms with Crippen molar-refractivity contribution in [3.8, 4) is 5.75 Å². The Labute approximate surface area is 115 Å². The monoisotopic (exact) mass is 264 g/mol. The normalized spacial score (nSPS) is 13.8. The predicted molar refractivity (Wildman–Crippen MR) is 76.9 cm³/mol. The topological polar surface area (TPSA) is 75.4 Å². The Hall–Kier alpha value is -1.55. The fourth-order valence-corrected chi connectivity index (χ4v) is 1.91. The number of phenolic OH excluding ortho intramolecular Hbond substituents is 1. The maximum Gasteiger partial charge on any atom is 0.237 e. The molecule has 4 nitrogen and oxygen atoms in total. The molecule has 0 bridgehead atoms. The first kappa shape index (κ1) is 15.5. The van der Waals surface area contributed by atoms with E-state index in [9.17, 15) is 9.90 Å². The number of hydrogen-bond acceptors (Lipinski definition) is 3. The van der Waals surface area contributed by atoms with Gasteiger partial charge in [-0.25, -0.2) is 0 Å². The lowest BCUT2D eigenvalue weighted by Gasteiger charge is -2.17. The van der Waals surface area contributed by atoms with Crippen LogP contribution in [0.2, 0.25) is 0 Å². The number of carbonyl (C=O) groups is 1. The van der Waals surface area contributed by atoms with Crippen molar-refractivity contribution < 1.29 is 9.90 Å². The van der Waals surface area contributed by atoms with Crippen LogP contribution in [0.15, 0.2) is 24.3 Å². The summed E-state index contributed by atoms with van der Waals surface area (Å²) in [5.74, 6) is 0.204. The van der Waals surface area contributed by atoms with Crippen molar-refractivity contribution in [3.05, 3.63) is 29.8 Å². The molecule has 0 heterocycles. The third kappa shape index (κ3) is 5.75. The molecule has 106 valence electrons. The number of nitrogens with two attached hydrogens (primary N) is 1. The van der Waals surface area contributed by atoms with Crippen molar-refractivity contribution in [1.29, 1.82) is 0 Å². The fourth-order valence-electron chi connectivity index (χ4n) is 1.91. The molecule has 0 radical (unpaired) electrons. The van der Waals surface area contributed by atoms with E-state index in [1.165, 1.54) is 0 Å². The second kappa shape index (κ2) is 7.79. The number of hydrogen-bond donors (Lipinski definition) is 3. The van der Waals surface area contributed by atoms with Gasteiger partial charge in [-0.15, -0.1) is 0 Å². The number of aromatic hydroxyl groups is 1. The first-order valence-electron chi connectivity index (χ1n) is 6.86. The molecule has 1 aromatic rings. The third-order valence-electron chi connectivity index (χ3n) is 3.13. The van der Waals surface area contributed by atoms with E-state index in [2.05, 4.69) is 5.32 Å². The Balaban J connectivity index is 2.33. The second-order valence-corrected chi connectivity index (χ2v) is 5.01. The Morgan fingerprint density at radius 3 is 2.53 bits per heavy atom. The molecule has 2 atom stereocenters. The lowest BCUT2D eigenvalue weighted by Crippen LogP contribution is -2.44. The van der Waals surface area contributed by atoms with E-state index in [0.717, 1.165) is 31.2 Å². The van der Waals surface area contributed by atoms with E-state index in [1.54, 1.807) is 12.1 Å². The Morgan fingerprint density at radius 2 is 1.95 bits per heavy atom. The molecule has 0 aliphatic rings. The number of benzene rings is 1. The van der Waals surface area contributed by atoms with Gasteiger partial charge in [-0.1, -0.05) is 25.5 Å². The summed E-state index contributed by atoms with van der Waals surface area (Å²) in [4.78, 5) is 11.7. The number of phenols is 1. The molecule has 0 spiro atoms. The van der Waals surface area contributed by atoms with Crippen LogP contribution in [0.3, 0.4) is 0 Å². The molecule has 4 heteroatoms. The van der Waals surface area contributed by atoms with E-state index in [1.807, 2.05) is 26.0 Å². The molecule has 1 aromatic carbocycles. The highest BCUT2D eigenvalue weighted by Gasteiger charge is 2.14. The molecule has 1 unspecified atom stereocenters. The van der Waals surface area contributed by atoms with Gasteiger partial charge in [-0.3, -0.25) is 4.79 Å². The molecule has 0 aromatic heterocycles. The number of carbonyl (C=O) groups excluding carboxylic acids is 1. The van der Waals surface area contributed by atoms with Gasteiger partial charge in [-0.05, 0) is 43.9 Å². The summed E-state index contributed by atoms with van der Waals surface area (Å²) in [7, 11) is 0. The summed E-state index contributed by atoms with van der Waals surface area (Å²) in [6.45, 7) is 4.00. The largest absolute Gasteiger partial charge is 0.508 e. The van der Waals surface area contributed by atoms with Gasteiger partial charge in [0.05, 0.1) is 6.04 Å². The molecule has 0 fully saturated rings. The van der Waals surface area contributed by atoms with Crippen molar-refractivity contribution in [3.63, 3.8) is 0 Å². The van der Waals surface area contributed by atoms with Gasteiger partial charge in [0.2, 0.25) is 5.91 Å². The van der Waals surface area contributed by atoms with Crippen LogP contribution in [0.5, 0.6) is 5.75 Å². The summed E-state index contributed by atoms with van der Waals surface area (Å²) in [6, 6.07) is 6.84. The fraction of sp³-hybridized carbons (Fsp3) is 0.533. The lowest BCUT2D eigenvalue weighted by atomic mass is 10.1. The third-order valence-corrected chi connectivity index (χ3v) is 3.13. The molecule has 0 aliphatic heterocycles. The van der Waals surface area contributed by atoms with Crippen molar-refractivity contribution >= 4 is 5.91 Å². The molecule has 0 saturated carbocycles. The highest BCUT2D eigenvalue weighted by molar-refractivity contribution is 5.81. The highest BCUT2D eigenvalue weighted by Crippen LogP contribution is 2.12. The summed E-state index contributed by atoms with van der Waals surface area (Å²) in [6.07, 6.45) is 3.35. The van der Waals surface area contributed by atoms with Crippen LogP contribution in [0, 0.1) is 0 Å². The van der Waals surface area contributed by atoms with Crippen molar-refractivity contribution in [1.82, 2.24) is 5.32 Å². The minimum absolute atomic E-state index is 0.0694. The van der Waals surface area contributed by atoms with Gasteiger partial charge >= 0.3 is 0 Å². The molecule has 4 N–H and O–H groups in total. The number of aryl methyl sites for hydroxylation is 1. The molecule has 0 saturated heterocycles. The van der Waals surface area contributed by atoms with Gasteiger partial charge in [0.25, 0.3) is 0 Å². The number of amides is 1. The average molecular weight is 264 g/mol. The summed E-state index contributed by atoms with van der Waals surface area (Å²) in [5, 5.41) is 12.1. The Bertz CT molecular complexity index is 390. The quantitative estimate of drug-likeness (QED) is 0.704. The standard InChI is InChI=1S/C15H24N2O2/c1-3-4-14(16)15(19)17-11(2)5-6-12-7-9-13(18)10-8-12/h7-11,14,18H,3-6,16H2,1-2H3,(H,17,19)/t11?,14-/m1/s1. The second-order valence-electron chi connectivity index (χ2n) is 5.01. The van der Waals surface area contributed by atoms with E-state index in [0.29, 0.717) is 0 Å². The minimum atomic E-state index is -0.402. The van der Waals surface area contributed by atoms with Gasteiger partial charge < -0.3 is 16.2 Å². The van der Waals surface area contributed by atoms with Crippen LogP contribution in [0.1, 0.15) is 38.7 Å². The van der Waals surface area contributed by atoms with Gasteiger partial charge in [0.15, 0.2) is 0 Å². The number of nitrogens with one attached hydrogen (secondary N) is 1. The van der Waals surface area contributed by atoms with Crippen molar-refractivity contribution in [2.75, 3.05) is 0 Å². The maximum absolute atomic E-state index is 11.7.